The van der Waals surface area contributed by atoms with E-state index >= 15 is 0 Å². The number of ketones is 1. The lowest BCUT2D eigenvalue weighted by molar-refractivity contribution is 0.0221. The second-order valence-corrected chi connectivity index (χ2v) is 3.84. The predicted molar refractivity (Wildman–Crippen MR) is 61.3 cm³/mol. The smallest absolute Gasteiger partial charge is 0.162 e. The summed E-state index contributed by atoms with van der Waals surface area (Å²) in [6, 6.07) is 1.28. The maximum atomic E-state index is 13.5. The normalized spacial score (nSPS) is 13.5. The van der Waals surface area contributed by atoms with Crippen molar-refractivity contribution in [3.63, 3.8) is 0 Å². The molecule has 1 aromatic carbocycles. The van der Waals surface area contributed by atoms with Crippen LogP contribution in [-0.4, -0.2) is 28.6 Å². The lowest BCUT2D eigenvalue weighted by Crippen LogP contribution is -2.22. The van der Waals surface area contributed by atoms with E-state index in [9.17, 15) is 23.8 Å². The third kappa shape index (κ3) is 3.47. The summed E-state index contributed by atoms with van der Waals surface area (Å²) in [7, 11) is 0. The minimum Gasteiger partial charge on any atom is -0.390 e. The Bertz CT molecular complexity index is 544. The van der Waals surface area contributed by atoms with E-state index in [2.05, 4.69) is 10.0 Å². The van der Waals surface area contributed by atoms with Crippen LogP contribution in [0.15, 0.2) is 17.2 Å². The van der Waals surface area contributed by atoms with Gasteiger partial charge in [0, 0.05) is 16.5 Å². The Morgan fingerprint density at radius 2 is 2.05 bits per heavy atom. The quantitative estimate of drug-likeness (QED) is 0.369. The van der Waals surface area contributed by atoms with E-state index in [1.165, 1.54) is 0 Å². The highest BCUT2D eigenvalue weighted by atomic mass is 19.1. The number of nitrogens with zero attached hydrogens (tertiary/aromatic N) is 3. The highest BCUT2D eigenvalue weighted by molar-refractivity contribution is 5.94. The second kappa shape index (κ2) is 6.24. The van der Waals surface area contributed by atoms with E-state index in [4.69, 9.17) is 5.53 Å². The lowest BCUT2D eigenvalue weighted by Gasteiger charge is -2.17. The van der Waals surface area contributed by atoms with Crippen LogP contribution in [0.5, 0.6) is 0 Å². The largest absolute Gasteiger partial charge is 0.390 e. The van der Waals surface area contributed by atoms with Crippen LogP contribution >= 0.6 is 0 Å². The number of hydrogen-bond acceptors (Lipinski definition) is 4. The first-order valence-corrected chi connectivity index (χ1v) is 5.25. The Labute approximate surface area is 106 Å². The van der Waals surface area contributed by atoms with Crippen molar-refractivity contribution in [1.29, 1.82) is 0 Å². The molecule has 0 saturated carbocycles. The van der Waals surface area contributed by atoms with Crippen molar-refractivity contribution in [2.75, 3.05) is 6.54 Å². The summed E-state index contributed by atoms with van der Waals surface area (Å²) in [5.74, 6) is -2.80. The van der Waals surface area contributed by atoms with E-state index in [0.717, 1.165) is 13.0 Å². The van der Waals surface area contributed by atoms with Crippen molar-refractivity contribution in [2.45, 2.75) is 19.1 Å². The third-order valence-electron chi connectivity index (χ3n) is 2.48. The molecule has 102 valence electrons. The molecule has 0 saturated heterocycles. The molecule has 0 aromatic heterocycles. The third-order valence-corrected chi connectivity index (χ3v) is 2.48. The van der Waals surface area contributed by atoms with Crippen LogP contribution in [0, 0.1) is 11.6 Å². The van der Waals surface area contributed by atoms with Crippen LogP contribution in [-0.2, 0) is 0 Å². The zero-order valence-corrected chi connectivity index (χ0v) is 9.92. The maximum absolute atomic E-state index is 13.5. The Hall–Kier alpha value is -2.02. The van der Waals surface area contributed by atoms with E-state index in [1.807, 2.05) is 0 Å². The molecule has 2 atom stereocenters. The number of rotatable bonds is 5. The molecule has 0 fully saturated rings. The molecule has 8 heteroatoms. The Morgan fingerprint density at radius 3 is 2.58 bits per heavy atom. The van der Waals surface area contributed by atoms with Gasteiger partial charge < -0.3 is 10.2 Å². The number of carbonyl (C=O) groups is 1. The fourth-order valence-electron chi connectivity index (χ4n) is 1.49. The molecule has 6 nitrogen and oxygen atoms in total. The molecular formula is C11H11F2N3O3. The summed E-state index contributed by atoms with van der Waals surface area (Å²) in [5, 5.41) is 22.2. The zero-order chi connectivity index (χ0) is 14.6. The molecule has 19 heavy (non-hydrogen) atoms. The fraction of sp³-hybridized carbons (Fsp3) is 0.364. The number of azide groups is 1. The summed E-state index contributed by atoms with van der Waals surface area (Å²) >= 11 is 0. The first-order valence-electron chi connectivity index (χ1n) is 5.25. The number of Topliss-reactive ketones (excluding diaryl/α,β-unsaturated/α-hetero) is 1. The van der Waals surface area contributed by atoms with Crippen molar-refractivity contribution in [3.05, 3.63) is 45.3 Å². The number of aliphatic hydroxyl groups is 2. The fourth-order valence-corrected chi connectivity index (χ4v) is 1.49. The molecule has 0 heterocycles. The van der Waals surface area contributed by atoms with Crippen molar-refractivity contribution in [3.8, 4) is 0 Å². The van der Waals surface area contributed by atoms with Gasteiger partial charge in [0.15, 0.2) is 5.78 Å². The van der Waals surface area contributed by atoms with Crippen molar-refractivity contribution >= 4 is 5.78 Å². The molecule has 1 aromatic rings. The summed E-state index contributed by atoms with van der Waals surface area (Å²) in [4.78, 5) is 13.5. The Balaban J connectivity index is 3.15. The summed E-state index contributed by atoms with van der Waals surface area (Å²) in [6.07, 6.45) is -3.29. The van der Waals surface area contributed by atoms with Gasteiger partial charge >= 0.3 is 0 Å². The average Bonchev–Trinajstić information content (AvgIpc) is 2.34. The SMILES string of the molecule is CC(=O)c1cc(C(O)C(O)CN=[N+]=[N-])c(F)cc1F. The van der Waals surface area contributed by atoms with Crippen molar-refractivity contribution in [1.82, 2.24) is 0 Å². The van der Waals surface area contributed by atoms with Crippen LogP contribution < -0.4 is 0 Å². The Morgan fingerprint density at radius 1 is 1.42 bits per heavy atom. The number of hydrogen-bond donors (Lipinski definition) is 2. The molecule has 0 aliphatic carbocycles. The van der Waals surface area contributed by atoms with Gasteiger partial charge in [0.25, 0.3) is 0 Å². The van der Waals surface area contributed by atoms with Gasteiger partial charge in [-0.25, -0.2) is 8.78 Å². The first kappa shape index (κ1) is 15.0. The molecule has 0 amide bonds. The lowest BCUT2D eigenvalue weighted by atomic mass is 9.99. The van der Waals surface area contributed by atoms with Crippen LogP contribution in [0.3, 0.4) is 0 Å². The molecule has 0 aliphatic rings. The molecule has 0 radical (unpaired) electrons. The van der Waals surface area contributed by atoms with Crippen LogP contribution in [0.1, 0.15) is 28.9 Å². The molecule has 2 unspecified atom stereocenters. The van der Waals surface area contributed by atoms with Gasteiger partial charge in [-0.15, -0.1) is 0 Å². The van der Waals surface area contributed by atoms with Gasteiger partial charge in [-0.3, -0.25) is 4.79 Å². The van der Waals surface area contributed by atoms with Gasteiger partial charge in [0.2, 0.25) is 0 Å². The van der Waals surface area contributed by atoms with Crippen LogP contribution in [0.2, 0.25) is 0 Å². The van der Waals surface area contributed by atoms with E-state index in [1.54, 1.807) is 0 Å². The van der Waals surface area contributed by atoms with Gasteiger partial charge in [-0.2, -0.15) is 0 Å². The van der Waals surface area contributed by atoms with Gasteiger partial charge in [-0.05, 0) is 18.5 Å². The molecule has 0 bridgehead atoms. The van der Waals surface area contributed by atoms with Crippen molar-refractivity contribution < 1.29 is 23.8 Å². The van der Waals surface area contributed by atoms with Gasteiger partial charge in [0.1, 0.15) is 17.7 Å². The average molecular weight is 271 g/mol. The zero-order valence-electron chi connectivity index (χ0n) is 9.92. The highest BCUT2D eigenvalue weighted by Crippen LogP contribution is 2.24. The number of carbonyl (C=O) groups excluding carboxylic acids is 1. The molecule has 2 N–H and O–H groups in total. The molecule has 1 rings (SSSR count). The first-order chi connectivity index (χ1) is 8.88. The molecule has 0 aliphatic heterocycles. The van der Waals surface area contributed by atoms with Crippen molar-refractivity contribution in [2.24, 2.45) is 5.11 Å². The van der Waals surface area contributed by atoms with Crippen LogP contribution in [0.4, 0.5) is 8.78 Å². The van der Waals surface area contributed by atoms with Gasteiger partial charge in [-0.1, -0.05) is 5.11 Å². The predicted octanol–water partition coefficient (Wildman–Crippen LogP) is 1.87. The highest BCUT2D eigenvalue weighted by Gasteiger charge is 2.23. The summed E-state index contributed by atoms with van der Waals surface area (Å²) < 4.78 is 26.8. The van der Waals surface area contributed by atoms with E-state index < -0.39 is 47.3 Å². The topological polar surface area (TPSA) is 106 Å². The standard InChI is InChI=1S/C11H11F2N3O3/c1-5(17)6-2-7(9(13)3-8(6)12)11(19)10(18)4-15-16-14/h2-3,10-11,18-19H,4H2,1H3. The number of aliphatic hydroxyl groups excluding tert-OH is 2. The summed E-state index contributed by atoms with van der Waals surface area (Å²) in [6.45, 7) is 0.604. The van der Waals surface area contributed by atoms with E-state index in [-0.39, 0.29) is 0 Å². The summed E-state index contributed by atoms with van der Waals surface area (Å²) in [5.41, 5.74) is 7.24. The minimum absolute atomic E-state index is 0.397. The number of halogens is 2. The maximum Gasteiger partial charge on any atom is 0.162 e. The molecule has 0 spiro atoms. The van der Waals surface area contributed by atoms with Gasteiger partial charge in [0.05, 0.1) is 18.2 Å². The molecular weight excluding hydrogens is 260 g/mol. The van der Waals surface area contributed by atoms with Crippen LogP contribution in [0.25, 0.3) is 10.4 Å². The second-order valence-electron chi connectivity index (χ2n) is 3.84. The van der Waals surface area contributed by atoms with E-state index in [0.29, 0.717) is 6.07 Å². The minimum atomic E-state index is -1.73. The Kier molecular flexibility index (Phi) is 4.94. The number of benzene rings is 1. The monoisotopic (exact) mass is 271 g/mol.